The van der Waals surface area contributed by atoms with Gasteiger partial charge in [-0.15, -0.1) is 0 Å². The topological polar surface area (TPSA) is 61.4 Å². The van der Waals surface area contributed by atoms with Crippen molar-refractivity contribution in [2.45, 2.75) is 42.7 Å². The third kappa shape index (κ3) is 3.40. The average Bonchev–Trinajstić information content (AvgIpc) is 3.26. The van der Waals surface area contributed by atoms with Gasteiger partial charge in [-0.25, -0.2) is 13.2 Å². The standard InChI is InChI=1S/C25H22Cl2F3N3O2/c26-14-5-4-13-9-25(23(35)32-17(13)6-14)20(15-2-1-3-16(27)21(15)28)19-18(10-31-22(19)34)33(25)11-12-7-24(29,30)8-12/h1-6,12,18-20H,7-11H2,(H,31,34)(H,32,35)/t18-,19+,20-,25+/m0/s1. The molecule has 2 aromatic rings. The third-order valence-electron chi connectivity index (χ3n) is 8.11. The Morgan fingerprint density at radius 2 is 1.89 bits per heavy atom. The molecule has 0 aromatic heterocycles. The van der Waals surface area contributed by atoms with Crippen LogP contribution in [0.4, 0.5) is 18.9 Å². The maximum atomic E-state index is 15.5. The molecule has 0 unspecified atom stereocenters. The summed E-state index contributed by atoms with van der Waals surface area (Å²) in [6, 6.07) is 9.28. The van der Waals surface area contributed by atoms with E-state index >= 15 is 4.39 Å². The molecule has 4 atom stereocenters. The number of hydrogen-bond donors (Lipinski definition) is 2. The Kier molecular flexibility index (Phi) is 5.19. The molecule has 184 valence electrons. The van der Waals surface area contributed by atoms with Gasteiger partial charge >= 0.3 is 0 Å². The number of likely N-dealkylation sites (tertiary alicyclic amines) is 1. The number of carbonyl (C=O) groups excluding carboxylic acids is 2. The maximum Gasteiger partial charge on any atom is 0.248 e. The van der Waals surface area contributed by atoms with Crippen molar-refractivity contribution < 1.29 is 22.8 Å². The number of amides is 2. The molecule has 2 saturated heterocycles. The number of benzene rings is 2. The molecule has 3 heterocycles. The van der Waals surface area contributed by atoms with Crippen LogP contribution < -0.4 is 10.6 Å². The van der Waals surface area contributed by atoms with Gasteiger partial charge in [-0.3, -0.25) is 14.5 Å². The van der Waals surface area contributed by atoms with Crippen molar-refractivity contribution in [3.05, 3.63) is 63.4 Å². The molecule has 4 aliphatic rings. The number of carbonyl (C=O) groups is 2. The van der Waals surface area contributed by atoms with E-state index in [9.17, 15) is 18.4 Å². The van der Waals surface area contributed by atoms with Gasteiger partial charge in [-0.1, -0.05) is 41.4 Å². The molecule has 0 radical (unpaired) electrons. The van der Waals surface area contributed by atoms with Crippen LogP contribution in [0.25, 0.3) is 0 Å². The smallest absolute Gasteiger partial charge is 0.248 e. The van der Waals surface area contributed by atoms with E-state index in [1.807, 2.05) is 4.90 Å². The van der Waals surface area contributed by atoms with E-state index in [2.05, 4.69) is 10.6 Å². The van der Waals surface area contributed by atoms with E-state index in [1.54, 1.807) is 30.3 Å². The number of rotatable bonds is 3. The first-order valence-electron chi connectivity index (χ1n) is 11.6. The van der Waals surface area contributed by atoms with Crippen molar-refractivity contribution in [3.8, 4) is 0 Å². The first-order valence-corrected chi connectivity index (χ1v) is 12.3. The van der Waals surface area contributed by atoms with Crippen LogP contribution in [0.15, 0.2) is 36.4 Å². The Morgan fingerprint density at radius 3 is 2.63 bits per heavy atom. The van der Waals surface area contributed by atoms with Crippen LogP contribution in [-0.4, -0.2) is 47.3 Å². The molecule has 3 aliphatic heterocycles. The molecule has 35 heavy (non-hydrogen) atoms. The summed E-state index contributed by atoms with van der Waals surface area (Å²) in [5, 5.41) is 6.12. The van der Waals surface area contributed by atoms with Gasteiger partial charge in [-0.05, 0) is 35.2 Å². The lowest BCUT2D eigenvalue weighted by Gasteiger charge is -2.48. The predicted molar refractivity (Wildman–Crippen MR) is 125 cm³/mol. The molecule has 2 aromatic carbocycles. The minimum absolute atomic E-state index is 0.104. The van der Waals surface area contributed by atoms with Gasteiger partial charge in [0.2, 0.25) is 17.7 Å². The molecular weight excluding hydrogens is 502 g/mol. The highest BCUT2D eigenvalue weighted by Crippen LogP contribution is 2.57. The average molecular weight is 524 g/mol. The summed E-state index contributed by atoms with van der Waals surface area (Å²) in [5.41, 5.74) is 0.156. The molecular formula is C25H22Cl2F3N3O2. The lowest BCUT2D eigenvalue weighted by atomic mass is 9.69. The fourth-order valence-corrected chi connectivity index (χ4v) is 7.03. The second-order valence-corrected chi connectivity index (χ2v) is 10.9. The summed E-state index contributed by atoms with van der Waals surface area (Å²) in [6.45, 7) is 0.467. The number of fused-ring (bicyclic) bond motifs is 2. The van der Waals surface area contributed by atoms with Crippen molar-refractivity contribution in [2.75, 3.05) is 18.4 Å². The first-order chi connectivity index (χ1) is 16.6. The molecule has 2 N–H and O–H groups in total. The summed E-state index contributed by atoms with van der Waals surface area (Å²) in [4.78, 5) is 29.0. The zero-order valence-corrected chi connectivity index (χ0v) is 20.0. The quantitative estimate of drug-likeness (QED) is 0.616. The van der Waals surface area contributed by atoms with Gasteiger partial charge in [0.05, 0.1) is 10.9 Å². The second-order valence-electron chi connectivity index (χ2n) is 10.1. The van der Waals surface area contributed by atoms with Crippen molar-refractivity contribution in [2.24, 2.45) is 11.8 Å². The number of nitrogens with zero attached hydrogens (tertiary/aromatic N) is 1. The molecule has 1 aliphatic carbocycles. The number of alkyl halides is 2. The summed E-state index contributed by atoms with van der Waals surface area (Å²) in [5.74, 6) is -6.01. The lowest BCUT2D eigenvalue weighted by molar-refractivity contribution is -0.137. The Balaban J connectivity index is 1.53. The Morgan fingerprint density at radius 1 is 1.11 bits per heavy atom. The maximum absolute atomic E-state index is 15.5. The normalized spacial score (nSPS) is 31.6. The zero-order chi connectivity index (χ0) is 24.7. The number of nitrogens with one attached hydrogen (secondary N) is 2. The van der Waals surface area contributed by atoms with Crippen molar-refractivity contribution >= 4 is 40.7 Å². The fraction of sp³-hybridized carbons (Fsp3) is 0.440. The fourth-order valence-electron chi connectivity index (χ4n) is 6.68. The SMILES string of the molecule is O=C1NC[C@H]2[C@@H]1[C@H](c1cccc(Cl)c1F)[C@@]1(Cc3ccc(Cl)cc3NC1=O)N2CC1CC(F)(F)C1. The predicted octanol–water partition coefficient (Wildman–Crippen LogP) is 4.63. The van der Waals surface area contributed by atoms with E-state index in [0.717, 1.165) is 5.56 Å². The summed E-state index contributed by atoms with van der Waals surface area (Å²) in [6.07, 6.45) is -0.365. The molecule has 2 amide bonds. The van der Waals surface area contributed by atoms with Crippen LogP contribution >= 0.6 is 23.2 Å². The van der Waals surface area contributed by atoms with Crippen molar-refractivity contribution in [1.82, 2.24) is 10.2 Å². The monoisotopic (exact) mass is 523 g/mol. The lowest BCUT2D eigenvalue weighted by Crippen LogP contribution is -2.63. The van der Waals surface area contributed by atoms with Gasteiger partial charge in [0, 0.05) is 55.0 Å². The van der Waals surface area contributed by atoms with Crippen LogP contribution in [0.1, 0.15) is 29.9 Å². The highest BCUT2D eigenvalue weighted by atomic mass is 35.5. The van der Waals surface area contributed by atoms with E-state index < -0.39 is 41.1 Å². The zero-order valence-electron chi connectivity index (χ0n) is 18.5. The summed E-state index contributed by atoms with van der Waals surface area (Å²) < 4.78 is 43.0. The molecule has 1 saturated carbocycles. The van der Waals surface area contributed by atoms with Crippen LogP contribution in [0.3, 0.4) is 0 Å². The minimum Gasteiger partial charge on any atom is -0.354 e. The van der Waals surface area contributed by atoms with Crippen LogP contribution in [0.2, 0.25) is 10.0 Å². The van der Waals surface area contributed by atoms with Crippen molar-refractivity contribution in [1.29, 1.82) is 0 Å². The van der Waals surface area contributed by atoms with E-state index in [4.69, 9.17) is 23.2 Å². The van der Waals surface area contributed by atoms with Gasteiger partial charge in [0.1, 0.15) is 11.4 Å². The van der Waals surface area contributed by atoms with E-state index in [-0.39, 0.29) is 54.8 Å². The number of halogens is 5. The van der Waals surface area contributed by atoms with Gasteiger partial charge in [0.15, 0.2) is 0 Å². The molecule has 5 nitrogen and oxygen atoms in total. The summed E-state index contributed by atoms with van der Waals surface area (Å²) >= 11 is 12.3. The summed E-state index contributed by atoms with van der Waals surface area (Å²) in [7, 11) is 0. The minimum atomic E-state index is -2.72. The Hall–Kier alpha value is -2.29. The largest absolute Gasteiger partial charge is 0.354 e. The second kappa shape index (κ2) is 7.85. The highest BCUT2D eigenvalue weighted by molar-refractivity contribution is 6.31. The van der Waals surface area contributed by atoms with Crippen molar-refractivity contribution in [3.63, 3.8) is 0 Å². The van der Waals surface area contributed by atoms with Gasteiger partial charge in [0.25, 0.3) is 0 Å². The molecule has 10 heteroatoms. The van der Waals surface area contributed by atoms with E-state index in [0.29, 0.717) is 10.7 Å². The third-order valence-corrected chi connectivity index (χ3v) is 8.64. The van der Waals surface area contributed by atoms with Crippen LogP contribution in [-0.2, 0) is 16.0 Å². The molecule has 3 fully saturated rings. The highest BCUT2D eigenvalue weighted by Gasteiger charge is 2.68. The van der Waals surface area contributed by atoms with Gasteiger partial charge < -0.3 is 10.6 Å². The Bertz CT molecular complexity index is 1250. The molecule has 1 spiro atoms. The first kappa shape index (κ1) is 23.1. The molecule has 0 bridgehead atoms. The van der Waals surface area contributed by atoms with Crippen LogP contribution in [0, 0.1) is 17.7 Å². The molecule has 6 rings (SSSR count). The van der Waals surface area contributed by atoms with Crippen LogP contribution in [0.5, 0.6) is 0 Å². The number of anilines is 1. The number of hydrogen-bond acceptors (Lipinski definition) is 3. The Labute approximate surface area is 209 Å². The van der Waals surface area contributed by atoms with E-state index in [1.165, 1.54) is 6.07 Å². The van der Waals surface area contributed by atoms with Gasteiger partial charge in [-0.2, -0.15) is 0 Å².